The minimum absolute atomic E-state index is 0.425. The predicted octanol–water partition coefficient (Wildman–Crippen LogP) is 3.90. The summed E-state index contributed by atoms with van der Waals surface area (Å²) < 4.78 is 17.1. The fraction of sp³-hybridized carbons (Fsp3) is 0.0667. The Labute approximate surface area is 104 Å². The third-order valence-corrected chi connectivity index (χ3v) is 3.08. The molecular weight excluding hydrogens is 228 g/mol. The van der Waals surface area contributed by atoms with Gasteiger partial charge in [-0.15, -0.1) is 0 Å². The molecule has 4 rings (SSSR count). The quantitative estimate of drug-likeness (QED) is 0.644. The Bertz CT molecular complexity index is 689. The van der Waals surface area contributed by atoms with Crippen LogP contribution in [0.3, 0.4) is 0 Å². The molecule has 0 saturated carbocycles. The van der Waals surface area contributed by atoms with Gasteiger partial charge < -0.3 is 13.9 Å². The van der Waals surface area contributed by atoms with Gasteiger partial charge in [0.25, 0.3) is 6.29 Å². The van der Waals surface area contributed by atoms with Gasteiger partial charge in [0, 0.05) is 5.39 Å². The van der Waals surface area contributed by atoms with E-state index in [4.69, 9.17) is 13.9 Å². The van der Waals surface area contributed by atoms with Gasteiger partial charge >= 0.3 is 0 Å². The topological polar surface area (TPSA) is 31.6 Å². The van der Waals surface area contributed by atoms with Gasteiger partial charge in [-0.2, -0.15) is 0 Å². The second-order valence-corrected chi connectivity index (χ2v) is 4.20. The first-order chi connectivity index (χ1) is 8.92. The Kier molecular flexibility index (Phi) is 1.88. The average Bonchev–Trinajstić information content (AvgIpc) is 3.02. The summed E-state index contributed by atoms with van der Waals surface area (Å²) in [6.45, 7) is 0. The Balaban J connectivity index is 1.78. The highest BCUT2D eigenvalue weighted by Crippen LogP contribution is 2.41. The van der Waals surface area contributed by atoms with Crippen LogP contribution in [0, 0.1) is 0 Å². The van der Waals surface area contributed by atoms with Gasteiger partial charge in [0.05, 0.1) is 5.56 Å². The molecule has 2 aromatic carbocycles. The summed E-state index contributed by atoms with van der Waals surface area (Å²) in [5.41, 5.74) is 1.76. The first-order valence-electron chi connectivity index (χ1n) is 5.80. The second kappa shape index (κ2) is 3.53. The zero-order valence-corrected chi connectivity index (χ0v) is 9.50. The number of furan rings is 1. The molecular formula is C15H10O3. The third kappa shape index (κ3) is 1.31. The van der Waals surface area contributed by atoms with Crippen molar-refractivity contribution in [2.45, 2.75) is 6.29 Å². The number of benzene rings is 2. The highest BCUT2D eigenvalue weighted by molar-refractivity contribution is 5.81. The molecule has 0 bridgehead atoms. The standard InChI is InChI=1S/C15H10O3/c1-2-6-12-10(5-1)11(9-16-12)15-17-13-7-3-4-8-14(13)18-15/h1-9,15H. The highest BCUT2D eigenvalue weighted by atomic mass is 16.7. The Morgan fingerprint density at radius 3 is 2.22 bits per heavy atom. The molecule has 1 aromatic heterocycles. The molecule has 0 N–H and O–H groups in total. The van der Waals surface area contributed by atoms with Crippen LogP contribution in [0.1, 0.15) is 11.9 Å². The number of hydrogen-bond acceptors (Lipinski definition) is 3. The summed E-state index contributed by atoms with van der Waals surface area (Å²) in [6, 6.07) is 15.5. The van der Waals surface area contributed by atoms with E-state index in [2.05, 4.69) is 0 Å². The van der Waals surface area contributed by atoms with Crippen LogP contribution in [0.15, 0.2) is 59.2 Å². The molecule has 0 unspecified atom stereocenters. The smallest absolute Gasteiger partial charge is 0.271 e. The van der Waals surface area contributed by atoms with E-state index in [0.29, 0.717) is 0 Å². The second-order valence-electron chi connectivity index (χ2n) is 4.20. The number of rotatable bonds is 1. The normalized spacial score (nSPS) is 14.2. The van der Waals surface area contributed by atoms with Crippen molar-refractivity contribution in [3.05, 3.63) is 60.4 Å². The summed E-state index contributed by atoms with van der Waals surface area (Å²) in [4.78, 5) is 0. The van der Waals surface area contributed by atoms with Crippen molar-refractivity contribution in [1.82, 2.24) is 0 Å². The van der Waals surface area contributed by atoms with E-state index >= 15 is 0 Å². The molecule has 0 radical (unpaired) electrons. The van der Waals surface area contributed by atoms with Crippen LogP contribution < -0.4 is 9.47 Å². The maximum atomic E-state index is 5.78. The van der Waals surface area contributed by atoms with Gasteiger partial charge in [0.15, 0.2) is 11.5 Å². The lowest BCUT2D eigenvalue weighted by Gasteiger charge is -2.07. The van der Waals surface area contributed by atoms with Gasteiger partial charge in [-0.05, 0) is 18.2 Å². The first kappa shape index (κ1) is 9.59. The van der Waals surface area contributed by atoms with E-state index in [-0.39, 0.29) is 0 Å². The van der Waals surface area contributed by atoms with Gasteiger partial charge in [0.1, 0.15) is 11.8 Å². The van der Waals surface area contributed by atoms with E-state index in [9.17, 15) is 0 Å². The van der Waals surface area contributed by atoms with Crippen molar-refractivity contribution in [1.29, 1.82) is 0 Å². The fourth-order valence-electron chi connectivity index (χ4n) is 2.21. The fourth-order valence-corrected chi connectivity index (χ4v) is 2.21. The molecule has 0 aliphatic carbocycles. The molecule has 88 valence electrons. The van der Waals surface area contributed by atoms with Gasteiger partial charge in [-0.3, -0.25) is 0 Å². The average molecular weight is 238 g/mol. The molecule has 0 amide bonds. The van der Waals surface area contributed by atoms with E-state index < -0.39 is 6.29 Å². The zero-order valence-electron chi connectivity index (χ0n) is 9.50. The SMILES string of the molecule is c1ccc2c(c1)OC(c1coc3ccccc13)O2. The highest BCUT2D eigenvalue weighted by Gasteiger charge is 2.28. The molecule has 0 spiro atoms. The van der Waals surface area contributed by atoms with Crippen LogP contribution >= 0.6 is 0 Å². The monoisotopic (exact) mass is 238 g/mol. The minimum atomic E-state index is -0.425. The zero-order chi connectivity index (χ0) is 11.9. The Morgan fingerprint density at radius 1 is 0.778 bits per heavy atom. The molecule has 1 aliphatic heterocycles. The van der Waals surface area contributed by atoms with Crippen molar-refractivity contribution in [3.63, 3.8) is 0 Å². The summed E-state index contributed by atoms with van der Waals surface area (Å²) in [5, 5.41) is 1.02. The third-order valence-electron chi connectivity index (χ3n) is 3.08. The lowest BCUT2D eigenvalue weighted by molar-refractivity contribution is 0.0493. The molecule has 3 aromatic rings. The summed E-state index contributed by atoms with van der Waals surface area (Å²) in [7, 11) is 0. The van der Waals surface area contributed by atoms with E-state index in [1.54, 1.807) is 6.26 Å². The number of para-hydroxylation sites is 3. The van der Waals surface area contributed by atoms with Crippen LogP contribution in [-0.2, 0) is 0 Å². The van der Waals surface area contributed by atoms with Crippen molar-refractivity contribution in [2.24, 2.45) is 0 Å². The van der Waals surface area contributed by atoms with Crippen LogP contribution in [0.5, 0.6) is 11.5 Å². The molecule has 18 heavy (non-hydrogen) atoms. The molecule has 3 nitrogen and oxygen atoms in total. The van der Waals surface area contributed by atoms with Crippen LogP contribution in [0.25, 0.3) is 11.0 Å². The van der Waals surface area contributed by atoms with Gasteiger partial charge in [0.2, 0.25) is 0 Å². The molecule has 2 heterocycles. The molecule has 0 saturated heterocycles. The first-order valence-corrected chi connectivity index (χ1v) is 5.80. The molecule has 0 fully saturated rings. The molecule has 1 aliphatic rings. The van der Waals surface area contributed by atoms with Crippen LogP contribution in [-0.4, -0.2) is 0 Å². The summed E-state index contributed by atoms with van der Waals surface area (Å²) in [6.07, 6.45) is 1.27. The van der Waals surface area contributed by atoms with Crippen molar-refractivity contribution >= 4 is 11.0 Å². The largest absolute Gasteiger partial charge is 0.464 e. The summed E-state index contributed by atoms with van der Waals surface area (Å²) >= 11 is 0. The maximum absolute atomic E-state index is 5.78. The van der Waals surface area contributed by atoms with Crippen LogP contribution in [0.4, 0.5) is 0 Å². The van der Waals surface area contributed by atoms with Crippen LogP contribution in [0.2, 0.25) is 0 Å². The van der Waals surface area contributed by atoms with Gasteiger partial charge in [-0.25, -0.2) is 0 Å². The van der Waals surface area contributed by atoms with E-state index in [0.717, 1.165) is 28.0 Å². The van der Waals surface area contributed by atoms with Crippen molar-refractivity contribution in [3.8, 4) is 11.5 Å². The minimum Gasteiger partial charge on any atom is -0.464 e. The number of ether oxygens (including phenoxy) is 2. The molecule has 0 atom stereocenters. The Morgan fingerprint density at radius 2 is 1.44 bits per heavy atom. The van der Waals surface area contributed by atoms with Crippen molar-refractivity contribution in [2.75, 3.05) is 0 Å². The van der Waals surface area contributed by atoms with E-state index in [1.807, 2.05) is 48.5 Å². The lowest BCUT2D eigenvalue weighted by atomic mass is 10.2. The lowest BCUT2D eigenvalue weighted by Crippen LogP contribution is -2.06. The number of hydrogen-bond donors (Lipinski definition) is 0. The summed E-state index contributed by atoms with van der Waals surface area (Å²) in [5.74, 6) is 1.54. The predicted molar refractivity (Wildman–Crippen MR) is 66.7 cm³/mol. The van der Waals surface area contributed by atoms with Gasteiger partial charge in [-0.1, -0.05) is 30.3 Å². The maximum Gasteiger partial charge on any atom is 0.271 e. The number of fused-ring (bicyclic) bond motifs is 2. The van der Waals surface area contributed by atoms with E-state index in [1.165, 1.54) is 0 Å². The Hall–Kier alpha value is -2.42. The molecule has 3 heteroatoms. The van der Waals surface area contributed by atoms with Crippen molar-refractivity contribution < 1.29 is 13.9 Å².